The van der Waals surface area contributed by atoms with Crippen LogP contribution in [0.3, 0.4) is 0 Å². The SMILES string of the molecule is C.FC(F)(F)c1cnc2ccccc2n1. The van der Waals surface area contributed by atoms with E-state index >= 15 is 0 Å². The molecule has 0 radical (unpaired) electrons. The summed E-state index contributed by atoms with van der Waals surface area (Å²) in [4.78, 5) is 7.12. The number of benzene rings is 1. The van der Waals surface area contributed by atoms with Gasteiger partial charge in [0.25, 0.3) is 0 Å². The number of hydrogen-bond acceptors (Lipinski definition) is 2. The van der Waals surface area contributed by atoms with Gasteiger partial charge in [-0.25, -0.2) is 4.98 Å². The lowest BCUT2D eigenvalue weighted by Gasteiger charge is -2.05. The monoisotopic (exact) mass is 214 g/mol. The molecule has 0 aliphatic rings. The van der Waals surface area contributed by atoms with Gasteiger partial charge in [0.15, 0.2) is 5.69 Å². The van der Waals surface area contributed by atoms with Crippen LogP contribution in [0.5, 0.6) is 0 Å². The maximum Gasteiger partial charge on any atom is 0.434 e. The van der Waals surface area contributed by atoms with E-state index in [1.165, 1.54) is 6.07 Å². The van der Waals surface area contributed by atoms with Crippen molar-refractivity contribution in [2.45, 2.75) is 13.6 Å². The first-order valence-electron chi connectivity index (χ1n) is 3.86. The number of halogens is 3. The van der Waals surface area contributed by atoms with Crippen LogP contribution in [0.15, 0.2) is 30.5 Å². The van der Waals surface area contributed by atoms with Crippen molar-refractivity contribution in [1.82, 2.24) is 9.97 Å². The molecule has 0 aliphatic heterocycles. The highest BCUT2D eigenvalue weighted by molar-refractivity contribution is 5.73. The van der Waals surface area contributed by atoms with Crippen molar-refractivity contribution in [3.63, 3.8) is 0 Å². The van der Waals surface area contributed by atoms with Crippen LogP contribution < -0.4 is 0 Å². The van der Waals surface area contributed by atoms with Crippen LogP contribution in [0.1, 0.15) is 13.1 Å². The molecular formula is C10H9F3N2. The summed E-state index contributed by atoms with van der Waals surface area (Å²) < 4.78 is 36.6. The largest absolute Gasteiger partial charge is 0.434 e. The molecule has 2 aromatic rings. The van der Waals surface area contributed by atoms with Crippen molar-refractivity contribution in [2.75, 3.05) is 0 Å². The Labute approximate surface area is 84.8 Å². The predicted octanol–water partition coefficient (Wildman–Crippen LogP) is 3.28. The van der Waals surface area contributed by atoms with Gasteiger partial charge in [-0.3, -0.25) is 4.98 Å². The minimum atomic E-state index is -4.43. The predicted molar refractivity (Wildman–Crippen MR) is 51.3 cm³/mol. The van der Waals surface area contributed by atoms with Gasteiger partial charge in [0.05, 0.1) is 17.2 Å². The summed E-state index contributed by atoms with van der Waals surface area (Å²) in [5.74, 6) is 0. The highest BCUT2D eigenvalue weighted by atomic mass is 19.4. The summed E-state index contributed by atoms with van der Waals surface area (Å²) in [7, 11) is 0. The van der Waals surface area contributed by atoms with Crippen LogP contribution in [0.2, 0.25) is 0 Å². The van der Waals surface area contributed by atoms with E-state index in [0.717, 1.165) is 6.20 Å². The summed E-state index contributed by atoms with van der Waals surface area (Å²) in [5.41, 5.74) is -0.251. The third-order valence-corrected chi connectivity index (χ3v) is 1.74. The third kappa shape index (κ3) is 2.23. The van der Waals surface area contributed by atoms with Crippen LogP contribution in [0.4, 0.5) is 13.2 Å². The van der Waals surface area contributed by atoms with E-state index < -0.39 is 11.9 Å². The summed E-state index contributed by atoms with van der Waals surface area (Å²) in [5, 5.41) is 0. The average Bonchev–Trinajstić information content (AvgIpc) is 2.16. The minimum absolute atomic E-state index is 0. The van der Waals surface area contributed by atoms with Crippen LogP contribution in [-0.2, 0) is 6.18 Å². The average molecular weight is 214 g/mol. The number of alkyl halides is 3. The lowest BCUT2D eigenvalue weighted by Crippen LogP contribution is -2.08. The Hall–Kier alpha value is -1.65. The van der Waals surface area contributed by atoms with Gasteiger partial charge in [-0.15, -0.1) is 0 Å². The molecule has 1 aromatic heterocycles. The van der Waals surface area contributed by atoms with Gasteiger partial charge in [-0.05, 0) is 12.1 Å². The Kier molecular flexibility index (Phi) is 2.93. The first kappa shape index (κ1) is 11.4. The standard InChI is InChI=1S/C9H5F3N2.CH4/c10-9(11,12)8-5-13-6-3-1-2-4-7(6)14-8;/h1-5H;1H4. The first-order valence-corrected chi connectivity index (χ1v) is 3.86. The molecule has 2 nitrogen and oxygen atoms in total. The molecule has 1 heterocycles. The number of hydrogen-bond donors (Lipinski definition) is 0. The topological polar surface area (TPSA) is 25.8 Å². The molecule has 5 heteroatoms. The zero-order valence-electron chi connectivity index (χ0n) is 6.92. The number of nitrogens with zero attached hydrogens (tertiary/aromatic N) is 2. The van der Waals surface area contributed by atoms with Crippen LogP contribution in [-0.4, -0.2) is 9.97 Å². The van der Waals surface area contributed by atoms with E-state index in [2.05, 4.69) is 9.97 Å². The van der Waals surface area contributed by atoms with Crippen LogP contribution in [0, 0.1) is 0 Å². The van der Waals surface area contributed by atoms with Gasteiger partial charge in [0.2, 0.25) is 0 Å². The van der Waals surface area contributed by atoms with Gasteiger partial charge in [0.1, 0.15) is 0 Å². The van der Waals surface area contributed by atoms with Gasteiger partial charge in [-0.2, -0.15) is 13.2 Å². The van der Waals surface area contributed by atoms with E-state index in [-0.39, 0.29) is 12.9 Å². The highest BCUT2D eigenvalue weighted by Gasteiger charge is 2.32. The second-order valence-corrected chi connectivity index (χ2v) is 2.74. The summed E-state index contributed by atoms with van der Waals surface area (Å²) in [6.45, 7) is 0. The van der Waals surface area contributed by atoms with Crippen molar-refractivity contribution in [2.24, 2.45) is 0 Å². The van der Waals surface area contributed by atoms with Crippen molar-refractivity contribution >= 4 is 11.0 Å². The maximum atomic E-state index is 12.2. The van der Waals surface area contributed by atoms with E-state index in [1.54, 1.807) is 18.2 Å². The fourth-order valence-electron chi connectivity index (χ4n) is 1.09. The van der Waals surface area contributed by atoms with Crippen molar-refractivity contribution < 1.29 is 13.2 Å². The molecule has 0 N–H and O–H groups in total. The molecule has 0 saturated heterocycles. The highest BCUT2D eigenvalue weighted by Crippen LogP contribution is 2.27. The second-order valence-electron chi connectivity index (χ2n) is 2.74. The molecule has 1 aromatic carbocycles. The molecule has 15 heavy (non-hydrogen) atoms. The second kappa shape index (κ2) is 3.84. The fraction of sp³-hybridized carbons (Fsp3) is 0.200. The summed E-state index contributed by atoms with van der Waals surface area (Å²) >= 11 is 0. The molecule has 0 aliphatic carbocycles. The summed E-state index contributed by atoms with van der Waals surface area (Å²) in [6, 6.07) is 6.43. The molecule has 0 bridgehead atoms. The number of rotatable bonds is 0. The van der Waals surface area contributed by atoms with E-state index in [1.807, 2.05) is 0 Å². The fourth-order valence-corrected chi connectivity index (χ4v) is 1.09. The van der Waals surface area contributed by atoms with Crippen LogP contribution in [0.25, 0.3) is 11.0 Å². The molecule has 2 rings (SSSR count). The van der Waals surface area contributed by atoms with Gasteiger partial charge in [0, 0.05) is 0 Å². The Morgan fingerprint density at radius 1 is 1.00 bits per heavy atom. The molecule has 0 amide bonds. The Bertz CT molecular complexity index is 465. The van der Waals surface area contributed by atoms with Crippen molar-refractivity contribution in [3.8, 4) is 0 Å². The minimum Gasteiger partial charge on any atom is -0.252 e. The van der Waals surface area contributed by atoms with Crippen molar-refractivity contribution in [1.29, 1.82) is 0 Å². The number of aromatic nitrogens is 2. The van der Waals surface area contributed by atoms with Crippen LogP contribution >= 0.6 is 0 Å². The zero-order chi connectivity index (χ0) is 10.2. The lowest BCUT2D eigenvalue weighted by molar-refractivity contribution is -0.141. The van der Waals surface area contributed by atoms with Crippen molar-refractivity contribution in [3.05, 3.63) is 36.2 Å². The van der Waals surface area contributed by atoms with E-state index in [4.69, 9.17) is 0 Å². The summed E-state index contributed by atoms with van der Waals surface area (Å²) in [6.07, 6.45) is -3.70. The Balaban J connectivity index is 0.00000112. The molecule has 0 atom stereocenters. The maximum absolute atomic E-state index is 12.2. The molecule has 80 valence electrons. The van der Waals surface area contributed by atoms with E-state index in [0.29, 0.717) is 5.52 Å². The normalized spacial score (nSPS) is 11.1. The molecule has 0 unspecified atom stereocenters. The molecule has 0 saturated carbocycles. The number of fused-ring (bicyclic) bond motifs is 1. The lowest BCUT2D eigenvalue weighted by atomic mass is 10.3. The molecule has 0 fully saturated rings. The zero-order valence-corrected chi connectivity index (χ0v) is 6.92. The smallest absolute Gasteiger partial charge is 0.252 e. The third-order valence-electron chi connectivity index (χ3n) is 1.74. The Morgan fingerprint density at radius 2 is 1.60 bits per heavy atom. The van der Waals surface area contributed by atoms with E-state index in [9.17, 15) is 13.2 Å². The Morgan fingerprint density at radius 3 is 2.20 bits per heavy atom. The molecule has 0 spiro atoms. The number of para-hydroxylation sites is 2. The van der Waals surface area contributed by atoms with Gasteiger partial charge >= 0.3 is 6.18 Å². The quantitative estimate of drug-likeness (QED) is 0.672. The first-order chi connectivity index (χ1) is 6.57. The molecular weight excluding hydrogens is 205 g/mol. The van der Waals surface area contributed by atoms with Gasteiger partial charge in [-0.1, -0.05) is 19.6 Å². The van der Waals surface area contributed by atoms with Gasteiger partial charge < -0.3 is 0 Å².